The number of rotatable bonds is 3. The Hall–Kier alpha value is -1.17. The molecule has 1 aromatic carbocycles. The van der Waals surface area contributed by atoms with E-state index in [4.69, 9.17) is 32.7 Å². The molecule has 1 amide bonds. The second-order valence-corrected chi connectivity index (χ2v) is 7.37. The van der Waals surface area contributed by atoms with Crippen LogP contribution in [0.4, 0.5) is 4.79 Å². The summed E-state index contributed by atoms with van der Waals surface area (Å²) in [4.78, 5) is 13.8. The molecule has 0 saturated carbocycles. The van der Waals surface area contributed by atoms with Gasteiger partial charge in [0, 0.05) is 18.0 Å². The van der Waals surface area contributed by atoms with Gasteiger partial charge in [-0.05, 0) is 32.4 Å². The van der Waals surface area contributed by atoms with Crippen molar-refractivity contribution in [3.8, 4) is 5.75 Å². The van der Waals surface area contributed by atoms with Crippen LogP contribution >= 0.6 is 23.2 Å². The Morgan fingerprint density at radius 1 is 1.39 bits per heavy atom. The van der Waals surface area contributed by atoms with Gasteiger partial charge >= 0.3 is 6.09 Å². The molecule has 0 bridgehead atoms. The Morgan fingerprint density at radius 2 is 2.09 bits per heavy atom. The quantitative estimate of drug-likeness (QED) is 0.897. The topological polar surface area (TPSA) is 59.0 Å². The van der Waals surface area contributed by atoms with Crippen LogP contribution in [0.5, 0.6) is 5.75 Å². The van der Waals surface area contributed by atoms with E-state index in [0.717, 1.165) is 5.56 Å². The van der Waals surface area contributed by atoms with Crippen LogP contribution in [0.3, 0.4) is 0 Å². The van der Waals surface area contributed by atoms with Crippen molar-refractivity contribution in [3.05, 3.63) is 27.7 Å². The first-order valence-electron chi connectivity index (χ1n) is 7.45. The van der Waals surface area contributed by atoms with Gasteiger partial charge in [0.1, 0.15) is 5.75 Å². The predicted molar refractivity (Wildman–Crippen MR) is 87.4 cm³/mol. The maximum absolute atomic E-state index is 12.1. The van der Waals surface area contributed by atoms with Crippen molar-refractivity contribution in [2.75, 3.05) is 13.7 Å². The minimum atomic E-state index is -1.10. The summed E-state index contributed by atoms with van der Waals surface area (Å²) in [6.07, 6.45) is -0.331. The standard InChI is InChI=1S/C16H19Cl2NO4/c1-16(2,21)14-10-6-8(7-19(10)15(20)23-14)12-11(22-3)5-4-9(17)13(12)18/h4-5,8,10,14,21H,6-7H2,1-3H3. The van der Waals surface area contributed by atoms with E-state index >= 15 is 0 Å². The molecule has 0 aliphatic carbocycles. The number of cyclic esters (lactones) is 1. The average molecular weight is 360 g/mol. The van der Waals surface area contributed by atoms with E-state index in [1.807, 2.05) is 0 Å². The van der Waals surface area contributed by atoms with Crippen LogP contribution in [0, 0.1) is 0 Å². The predicted octanol–water partition coefficient (Wildman–Crippen LogP) is 3.45. The molecule has 1 aromatic rings. The summed E-state index contributed by atoms with van der Waals surface area (Å²) in [6, 6.07) is 3.28. The second-order valence-electron chi connectivity index (χ2n) is 6.59. The van der Waals surface area contributed by atoms with Crippen LogP contribution < -0.4 is 4.74 Å². The second kappa shape index (κ2) is 5.72. The maximum atomic E-state index is 12.1. The normalized spacial score (nSPS) is 27.1. The van der Waals surface area contributed by atoms with Gasteiger partial charge in [0.15, 0.2) is 6.10 Å². The van der Waals surface area contributed by atoms with Gasteiger partial charge in [0.2, 0.25) is 0 Å². The third-order valence-electron chi connectivity index (χ3n) is 4.57. The van der Waals surface area contributed by atoms with Crippen molar-refractivity contribution in [2.45, 2.75) is 43.9 Å². The summed E-state index contributed by atoms with van der Waals surface area (Å²) >= 11 is 12.5. The van der Waals surface area contributed by atoms with Crippen LogP contribution in [0.1, 0.15) is 31.7 Å². The molecule has 2 aliphatic heterocycles. The van der Waals surface area contributed by atoms with E-state index < -0.39 is 17.8 Å². The monoisotopic (exact) mass is 359 g/mol. The number of benzene rings is 1. The van der Waals surface area contributed by atoms with Crippen molar-refractivity contribution in [3.63, 3.8) is 0 Å². The van der Waals surface area contributed by atoms with Crippen molar-refractivity contribution in [1.29, 1.82) is 0 Å². The number of nitrogens with zero attached hydrogens (tertiary/aromatic N) is 1. The minimum absolute atomic E-state index is 0.0150. The molecule has 5 nitrogen and oxygen atoms in total. The summed E-state index contributed by atoms with van der Waals surface area (Å²) in [7, 11) is 1.58. The van der Waals surface area contributed by atoms with E-state index in [1.54, 1.807) is 38.0 Å². The molecule has 1 N–H and O–H groups in total. The fourth-order valence-electron chi connectivity index (χ4n) is 3.55. The van der Waals surface area contributed by atoms with Gasteiger partial charge in [-0.2, -0.15) is 0 Å². The Labute approximate surface area is 145 Å². The number of amides is 1. The largest absolute Gasteiger partial charge is 0.496 e. The Balaban J connectivity index is 1.95. The first kappa shape index (κ1) is 16.7. The van der Waals surface area contributed by atoms with Crippen LogP contribution in [0.2, 0.25) is 10.0 Å². The van der Waals surface area contributed by atoms with Crippen molar-refractivity contribution >= 4 is 29.3 Å². The third-order valence-corrected chi connectivity index (χ3v) is 5.39. The molecule has 3 unspecified atom stereocenters. The first-order valence-corrected chi connectivity index (χ1v) is 8.21. The Morgan fingerprint density at radius 3 is 2.70 bits per heavy atom. The number of aliphatic hydroxyl groups is 1. The number of hydrogen-bond acceptors (Lipinski definition) is 4. The van der Waals surface area contributed by atoms with E-state index in [-0.39, 0.29) is 12.0 Å². The molecule has 3 atom stereocenters. The van der Waals surface area contributed by atoms with E-state index in [9.17, 15) is 9.90 Å². The number of methoxy groups -OCH3 is 1. The maximum Gasteiger partial charge on any atom is 0.410 e. The van der Waals surface area contributed by atoms with Crippen molar-refractivity contribution in [1.82, 2.24) is 4.90 Å². The zero-order valence-electron chi connectivity index (χ0n) is 13.2. The van der Waals surface area contributed by atoms with E-state index in [0.29, 0.717) is 28.8 Å². The molecule has 2 heterocycles. The van der Waals surface area contributed by atoms with Gasteiger partial charge in [-0.15, -0.1) is 0 Å². The minimum Gasteiger partial charge on any atom is -0.496 e. The highest BCUT2D eigenvalue weighted by Gasteiger charge is 2.53. The average Bonchev–Trinajstić information content (AvgIpc) is 3.01. The van der Waals surface area contributed by atoms with Crippen LogP contribution in [0.15, 0.2) is 12.1 Å². The lowest BCUT2D eigenvalue weighted by Crippen LogP contribution is -2.44. The number of hydrogen-bond donors (Lipinski definition) is 1. The van der Waals surface area contributed by atoms with Crippen molar-refractivity contribution in [2.24, 2.45) is 0 Å². The highest BCUT2D eigenvalue weighted by atomic mass is 35.5. The molecule has 0 radical (unpaired) electrons. The van der Waals surface area contributed by atoms with Crippen LogP contribution in [-0.4, -0.2) is 47.5 Å². The molecule has 0 aromatic heterocycles. The highest BCUT2D eigenvalue weighted by Crippen LogP contribution is 2.46. The lowest BCUT2D eigenvalue weighted by Gasteiger charge is -2.28. The Bertz CT molecular complexity index is 644. The molecule has 2 fully saturated rings. The lowest BCUT2D eigenvalue weighted by atomic mass is 9.89. The Kier molecular flexibility index (Phi) is 4.15. The fourth-order valence-corrected chi connectivity index (χ4v) is 4.02. The molecule has 126 valence electrons. The van der Waals surface area contributed by atoms with Gasteiger partial charge < -0.3 is 19.5 Å². The van der Waals surface area contributed by atoms with Crippen LogP contribution in [-0.2, 0) is 4.74 Å². The number of fused-ring (bicyclic) bond motifs is 1. The molecule has 3 rings (SSSR count). The zero-order chi connectivity index (χ0) is 16.9. The first-order chi connectivity index (χ1) is 10.7. The number of ether oxygens (including phenoxy) is 2. The smallest absolute Gasteiger partial charge is 0.410 e. The summed E-state index contributed by atoms with van der Waals surface area (Å²) in [5, 5.41) is 11.2. The third kappa shape index (κ3) is 2.75. The molecule has 23 heavy (non-hydrogen) atoms. The van der Waals surface area contributed by atoms with E-state index in [1.165, 1.54) is 0 Å². The van der Waals surface area contributed by atoms with Gasteiger partial charge in [0.05, 0.1) is 28.8 Å². The molecule has 7 heteroatoms. The number of carbonyl (C=O) groups is 1. The van der Waals surface area contributed by atoms with Gasteiger partial charge in [0.25, 0.3) is 0 Å². The number of halogens is 2. The lowest BCUT2D eigenvalue weighted by molar-refractivity contribution is -0.0458. The van der Waals surface area contributed by atoms with Gasteiger partial charge in [-0.3, -0.25) is 0 Å². The van der Waals surface area contributed by atoms with Gasteiger partial charge in [-0.1, -0.05) is 23.2 Å². The zero-order valence-corrected chi connectivity index (χ0v) is 14.7. The highest BCUT2D eigenvalue weighted by molar-refractivity contribution is 6.42. The number of carbonyl (C=O) groups excluding carboxylic acids is 1. The SMILES string of the molecule is COc1ccc(Cl)c(Cl)c1C1CC2C(C(C)(C)O)OC(=O)N2C1. The summed E-state index contributed by atoms with van der Waals surface area (Å²) in [5.74, 6) is 0.637. The van der Waals surface area contributed by atoms with Crippen molar-refractivity contribution < 1.29 is 19.4 Å². The molecule has 0 spiro atoms. The molecule has 2 saturated heterocycles. The summed E-state index contributed by atoms with van der Waals surface area (Å²) in [6.45, 7) is 3.76. The van der Waals surface area contributed by atoms with Crippen LogP contribution in [0.25, 0.3) is 0 Å². The molecular weight excluding hydrogens is 341 g/mol. The molecule has 2 aliphatic rings. The molecular formula is C16H19Cl2NO4. The van der Waals surface area contributed by atoms with Gasteiger partial charge in [-0.25, -0.2) is 4.79 Å². The fraction of sp³-hybridized carbons (Fsp3) is 0.562. The summed E-state index contributed by atoms with van der Waals surface area (Å²) < 4.78 is 10.7. The summed E-state index contributed by atoms with van der Waals surface area (Å²) in [5.41, 5.74) is -0.301. The van der Waals surface area contributed by atoms with E-state index in [2.05, 4.69) is 0 Å².